The largest absolute Gasteiger partial charge is 0.494 e. The molecule has 1 fully saturated rings. The number of hydrogen-bond acceptors (Lipinski definition) is 6. The number of piperazine rings is 1. The van der Waals surface area contributed by atoms with Crippen molar-refractivity contribution in [3.8, 4) is 5.75 Å². The first-order chi connectivity index (χ1) is 13.2. The average molecular weight is 385 g/mol. The van der Waals surface area contributed by atoms with Gasteiger partial charge in [0.15, 0.2) is 5.13 Å². The van der Waals surface area contributed by atoms with Crippen molar-refractivity contribution in [3.63, 3.8) is 0 Å². The number of anilines is 1. The summed E-state index contributed by atoms with van der Waals surface area (Å²) in [7, 11) is 0. The number of fused-ring (bicyclic) bond motifs is 1. The third-order valence-electron chi connectivity index (χ3n) is 4.73. The average Bonchev–Trinajstić information content (AvgIpc) is 3.34. The second-order valence-corrected chi connectivity index (χ2v) is 7.38. The molecule has 0 saturated carbocycles. The third-order valence-corrected chi connectivity index (χ3v) is 5.81. The molecule has 1 aliphatic rings. The molecule has 0 radical (unpaired) electrons. The molecule has 8 heteroatoms. The topological polar surface area (TPSA) is 63.5 Å². The molecule has 4 rings (SSSR count). The lowest BCUT2D eigenvalue weighted by atomic mass is 10.3. The van der Waals surface area contributed by atoms with Crippen molar-refractivity contribution >= 4 is 32.6 Å². The molecule has 0 atom stereocenters. The van der Waals surface area contributed by atoms with Crippen molar-refractivity contribution in [2.75, 3.05) is 37.7 Å². The summed E-state index contributed by atoms with van der Waals surface area (Å²) in [6.07, 6.45) is 1.69. The van der Waals surface area contributed by atoms with E-state index in [0.717, 1.165) is 34.2 Å². The van der Waals surface area contributed by atoms with E-state index < -0.39 is 0 Å². The molecule has 2 aromatic heterocycles. The molecule has 142 valence electrons. The van der Waals surface area contributed by atoms with Crippen LogP contribution in [-0.4, -0.2) is 58.4 Å². The van der Waals surface area contributed by atoms with Gasteiger partial charge in [-0.2, -0.15) is 5.10 Å². The Bertz CT molecular complexity index is 943. The van der Waals surface area contributed by atoms with Gasteiger partial charge in [0.1, 0.15) is 11.4 Å². The minimum atomic E-state index is 0.0552. The fourth-order valence-electron chi connectivity index (χ4n) is 3.31. The van der Waals surface area contributed by atoms with Crippen LogP contribution >= 0.6 is 11.3 Å². The summed E-state index contributed by atoms with van der Waals surface area (Å²) in [4.78, 5) is 21.7. The maximum atomic E-state index is 12.7. The monoisotopic (exact) mass is 385 g/mol. The van der Waals surface area contributed by atoms with Gasteiger partial charge in [-0.05, 0) is 38.1 Å². The van der Waals surface area contributed by atoms with Gasteiger partial charge in [0, 0.05) is 38.9 Å². The molecule has 3 aromatic rings. The zero-order chi connectivity index (χ0) is 18.8. The Morgan fingerprint density at radius 1 is 1.19 bits per heavy atom. The first-order valence-electron chi connectivity index (χ1n) is 9.29. The third kappa shape index (κ3) is 3.49. The second-order valence-electron chi connectivity index (χ2n) is 6.37. The molecular formula is C19H23N5O2S. The van der Waals surface area contributed by atoms with Gasteiger partial charge in [0.05, 0.1) is 16.8 Å². The van der Waals surface area contributed by atoms with Crippen LogP contribution < -0.4 is 9.64 Å². The van der Waals surface area contributed by atoms with Gasteiger partial charge in [-0.3, -0.25) is 9.48 Å². The van der Waals surface area contributed by atoms with Crippen LogP contribution in [0.1, 0.15) is 24.3 Å². The predicted molar refractivity (Wildman–Crippen MR) is 107 cm³/mol. The van der Waals surface area contributed by atoms with E-state index in [-0.39, 0.29) is 5.91 Å². The van der Waals surface area contributed by atoms with Gasteiger partial charge in [0.25, 0.3) is 5.91 Å². The van der Waals surface area contributed by atoms with Crippen LogP contribution in [0.5, 0.6) is 5.75 Å². The molecule has 1 amide bonds. The van der Waals surface area contributed by atoms with E-state index in [0.29, 0.717) is 31.9 Å². The van der Waals surface area contributed by atoms with Gasteiger partial charge in [-0.25, -0.2) is 4.98 Å². The van der Waals surface area contributed by atoms with Crippen molar-refractivity contribution in [2.45, 2.75) is 20.4 Å². The van der Waals surface area contributed by atoms with E-state index in [1.165, 1.54) is 0 Å². The Balaban J connectivity index is 1.44. The standard InChI is InChI=1S/C19H23N5O2S/c1-3-24-16(7-8-20-24)18(25)22-9-11-23(12-10-22)19-21-15-6-5-14(26-4-2)13-17(15)27-19/h5-8,13H,3-4,9-12H2,1-2H3. The Hall–Kier alpha value is -2.61. The molecule has 0 N–H and O–H groups in total. The van der Waals surface area contributed by atoms with Crippen LogP contribution in [0.4, 0.5) is 5.13 Å². The Kier molecular flexibility index (Phi) is 4.98. The van der Waals surface area contributed by atoms with Crippen LogP contribution in [0.2, 0.25) is 0 Å². The smallest absolute Gasteiger partial charge is 0.272 e. The first-order valence-corrected chi connectivity index (χ1v) is 10.1. The predicted octanol–water partition coefficient (Wildman–Crippen LogP) is 2.87. The Labute approximate surface area is 162 Å². The quantitative estimate of drug-likeness (QED) is 0.676. The van der Waals surface area contributed by atoms with E-state index in [1.54, 1.807) is 28.3 Å². The highest BCUT2D eigenvalue weighted by atomic mass is 32.1. The van der Waals surface area contributed by atoms with Gasteiger partial charge in [-0.1, -0.05) is 11.3 Å². The highest BCUT2D eigenvalue weighted by Crippen LogP contribution is 2.32. The zero-order valence-electron chi connectivity index (χ0n) is 15.6. The summed E-state index contributed by atoms with van der Waals surface area (Å²) in [6.45, 7) is 8.27. The lowest BCUT2D eigenvalue weighted by Gasteiger charge is -2.34. The second kappa shape index (κ2) is 7.56. The van der Waals surface area contributed by atoms with Crippen molar-refractivity contribution < 1.29 is 9.53 Å². The number of aromatic nitrogens is 3. The van der Waals surface area contributed by atoms with Gasteiger partial charge in [0.2, 0.25) is 0 Å². The van der Waals surface area contributed by atoms with Crippen molar-refractivity contribution in [3.05, 3.63) is 36.2 Å². The highest BCUT2D eigenvalue weighted by molar-refractivity contribution is 7.22. The normalized spacial score (nSPS) is 14.7. The fourth-order valence-corrected chi connectivity index (χ4v) is 4.36. The SMILES string of the molecule is CCOc1ccc2nc(N3CCN(C(=O)c4ccnn4CC)CC3)sc2c1. The zero-order valence-corrected chi connectivity index (χ0v) is 16.4. The molecule has 27 heavy (non-hydrogen) atoms. The number of thiazole rings is 1. The Morgan fingerprint density at radius 2 is 2.00 bits per heavy atom. The molecule has 7 nitrogen and oxygen atoms in total. The number of carbonyl (C=O) groups excluding carboxylic acids is 1. The summed E-state index contributed by atoms with van der Waals surface area (Å²) in [6, 6.07) is 7.81. The van der Waals surface area contributed by atoms with Crippen molar-refractivity contribution in [1.82, 2.24) is 19.7 Å². The van der Waals surface area contributed by atoms with Crippen molar-refractivity contribution in [2.24, 2.45) is 0 Å². The highest BCUT2D eigenvalue weighted by Gasteiger charge is 2.25. The van der Waals surface area contributed by atoms with Crippen molar-refractivity contribution in [1.29, 1.82) is 0 Å². The summed E-state index contributed by atoms with van der Waals surface area (Å²) < 4.78 is 8.45. The number of carbonyl (C=O) groups is 1. The number of rotatable bonds is 5. The summed E-state index contributed by atoms with van der Waals surface area (Å²) in [5, 5.41) is 5.20. The summed E-state index contributed by atoms with van der Waals surface area (Å²) >= 11 is 1.67. The van der Waals surface area contributed by atoms with Crippen LogP contribution in [0, 0.1) is 0 Å². The molecule has 0 unspecified atom stereocenters. The van der Waals surface area contributed by atoms with E-state index in [2.05, 4.69) is 10.00 Å². The van der Waals surface area contributed by atoms with E-state index in [9.17, 15) is 4.79 Å². The number of hydrogen-bond donors (Lipinski definition) is 0. The summed E-state index contributed by atoms with van der Waals surface area (Å²) in [5.74, 6) is 0.933. The summed E-state index contributed by atoms with van der Waals surface area (Å²) in [5.41, 5.74) is 1.65. The van der Waals surface area contributed by atoms with E-state index >= 15 is 0 Å². The molecule has 0 aliphatic carbocycles. The van der Waals surface area contributed by atoms with E-state index in [4.69, 9.17) is 9.72 Å². The minimum absolute atomic E-state index is 0.0552. The lowest BCUT2D eigenvalue weighted by Crippen LogP contribution is -2.49. The maximum absolute atomic E-state index is 12.7. The van der Waals surface area contributed by atoms with Crippen LogP contribution in [0.15, 0.2) is 30.5 Å². The van der Waals surface area contributed by atoms with Gasteiger partial charge >= 0.3 is 0 Å². The molecule has 1 aliphatic heterocycles. The lowest BCUT2D eigenvalue weighted by molar-refractivity contribution is 0.0734. The minimum Gasteiger partial charge on any atom is -0.494 e. The number of aryl methyl sites for hydroxylation is 1. The number of amides is 1. The van der Waals surface area contributed by atoms with Crippen LogP contribution in [-0.2, 0) is 6.54 Å². The molecule has 1 aromatic carbocycles. The van der Waals surface area contributed by atoms with Gasteiger partial charge < -0.3 is 14.5 Å². The maximum Gasteiger partial charge on any atom is 0.272 e. The van der Waals surface area contributed by atoms with E-state index in [1.807, 2.05) is 36.9 Å². The van der Waals surface area contributed by atoms with Crippen LogP contribution in [0.25, 0.3) is 10.2 Å². The molecule has 1 saturated heterocycles. The number of nitrogens with zero attached hydrogens (tertiary/aromatic N) is 5. The first kappa shape index (κ1) is 17.8. The number of ether oxygens (including phenoxy) is 1. The van der Waals surface area contributed by atoms with Gasteiger partial charge in [-0.15, -0.1) is 0 Å². The van der Waals surface area contributed by atoms with Crippen LogP contribution in [0.3, 0.4) is 0 Å². The molecular weight excluding hydrogens is 362 g/mol. The Morgan fingerprint density at radius 3 is 2.74 bits per heavy atom. The molecule has 3 heterocycles. The fraction of sp³-hybridized carbons (Fsp3) is 0.421. The molecule has 0 bridgehead atoms. The number of benzene rings is 1. The molecule has 0 spiro atoms.